The van der Waals surface area contributed by atoms with E-state index in [1.54, 1.807) is 18.3 Å². The molecule has 4 heteroatoms. The molecule has 1 N–H and O–H groups in total. The van der Waals surface area contributed by atoms with E-state index in [0.29, 0.717) is 11.1 Å². The Morgan fingerprint density at radius 2 is 1.62 bits per heavy atom. The molecule has 4 rings (SSSR count). The smallest absolute Gasteiger partial charge is 0.408 e. The van der Waals surface area contributed by atoms with E-state index in [4.69, 9.17) is 4.42 Å². The zero-order valence-corrected chi connectivity index (χ0v) is 12.8. The summed E-state index contributed by atoms with van der Waals surface area (Å²) in [7, 11) is 0. The van der Waals surface area contributed by atoms with Crippen molar-refractivity contribution < 1.29 is 4.42 Å². The topological polar surface area (TPSA) is 58.4 Å². The fourth-order valence-corrected chi connectivity index (χ4v) is 2.56. The molecule has 0 saturated carbocycles. The van der Waals surface area contributed by atoms with Crippen LogP contribution in [0.5, 0.6) is 0 Å². The first-order valence-electron chi connectivity index (χ1n) is 7.60. The Kier molecular flexibility index (Phi) is 3.56. The largest absolute Gasteiger partial charge is 0.417 e. The summed E-state index contributed by atoms with van der Waals surface area (Å²) in [5, 5.41) is 0. The van der Waals surface area contributed by atoms with Gasteiger partial charge in [-0.25, -0.2) is 4.79 Å². The van der Waals surface area contributed by atoms with Crippen LogP contribution in [0.15, 0.2) is 87.0 Å². The van der Waals surface area contributed by atoms with Gasteiger partial charge in [0, 0.05) is 12.3 Å². The average molecular weight is 314 g/mol. The van der Waals surface area contributed by atoms with Crippen molar-refractivity contribution in [2.75, 3.05) is 0 Å². The number of nitrogens with zero attached hydrogens (tertiary/aromatic N) is 1. The molecule has 116 valence electrons. The highest BCUT2D eigenvalue weighted by Crippen LogP contribution is 2.20. The lowest BCUT2D eigenvalue weighted by atomic mass is 10.0. The van der Waals surface area contributed by atoms with E-state index in [9.17, 15) is 4.79 Å². The first-order valence-corrected chi connectivity index (χ1v) is 7.60. The number of oxazole rings is 1. The van der Waals surface area contributed by atoms with E-state index in [-0.39, 0.29) is 0 Å². The highest BCUT2D eigenvalue weighted by atomic mass is 16.4. The SMILES string of the molecule is O=c1[nH]c2ccc(N=Cc3ccc(-c4ccccc4)cc3)cc2o1. The number of aromatic amines is 1. The van der Waals surface area contributed by atoms with Crippen molar-refractivity contribution in [2.24, 2.45) is 4.99 Å². The number of H-pyrrole nitrogens is 1. The summed E-state index contributed by atoms with van der Waals surface area (Å²) < 4.78 is 5.04. The van der Waals surface area contributed by atoms with Crippen LogP contribution in [-0.4, -0.2) is 11.2 Å². The summed E-state index contributed by atoms with van der Waals surface area (Å²) in [6.07, 6.45) is 1.79. The molecule has 4 aromatic rings. The molecule has 0 unspecified atom stereocenters. The molecular weight excluding hydrogens is 300 g/mol. The molecule has 3 aromatic carbocycles. The summed E-state index contributed by atoms with van der Waals surface area (Å²) in [5.41, 5.74) is 5.28. The Morgan fingerprint density at radius 3 is 2.42 bits per heavy atom. The number of rotatable bonds is 3. The van der Waals surface area contributed by atoms with E-state index in [1.165, 1.54) is 11.1 Å². The van der Waals surface area contributed by atoms with E-state index >= 15 is 0 Å². The number of hydrogen-bond acceptors (Lipinski definition) is 3. The molecule has 0 saturated heterocycles. The maximum absolute atomic E-state index is 11.2. The summed E-state index contributed by atoms with van der Waals surface area (Å²) in [5.74, 6) is -0.456. The number of aliphatic imine (C=N–C) groups is 1. The molecule has 0 spiro atoms. The van der Waals surface area contributed by atoms with Crippen molar-refractivity contribution in [2.45, 2.75) is 0 Å². The van der Waals surface area contributed by atoms with Gasteiger partial charge >= 0.3 is 5.76 Å². The van der Waals surface area contributed by atoms with Gasteiger partial charge in [0.15, 0.2) is 5.58 Å². The van der Waals surface area contributed by atoms with Gasteiger partial charge in [-0.05, 0) is 28.8 Å². The minimum atomic E-state index is -0.456. The number of hydrogen-bond donors (Lipinski definition) is 1. The maximum Gasteiger partial charge on any atom is 0.417 e. The van der Waals surface area contributed by atoms with Crippen molar-refractivity contribution in [1.82, 2.24) is 4.98 Å². The van der Waals surface area contributed by atoms with Gasteiger partial charge in [-0.15, -0.1) is 0 Å². The third-order valence-electron chi connectivity index (χ3n) is 3.79. The molecule has 1 heterocycles. The second kappa shape index (κ2) is 6.01. The maximum atomic E-state index is 11.2. The van der Waals surface area contributed by atoms with Crippen LogP contribution in [0.3, 0.4) is 0 Å². The van der Waals surface area contributed by atoms with Crippen LogP contribution in [0.2, 0.25) is 0 Å². The van der Waals surface area contributed by atoms with Gasteiger partial charge in [-0.1, -0.05) is 54.6 Å². The van der Waals surface area contributed by atoms with Gasteiger partial charge < -0.3 is 4.42 Å². The Labute approximate surface area is 138 Å². The van der Waals surface area contributed by atoms with E-state index in [1.807, 2.05) is 36.4 Å². The van der Waals surface area contributed by atoms with Gasteiger partial charge in [0.25, 0.3) is 0 Å². The van der Waals surface area contributed by atoms with Crippen LogP contribution < -0.4 is 5.76 Å². The number of fused-ring (bicyclic) bond motifs is 1. The highest BCUT2D eigenvalue weighted by molar-refractivity contribution is 5.84. The number of nitrogens with one attached hydrogen (secondary N) is 1. The third-order valence-corrected chi connectivity index (χ3v) is 3.79. The number of aromatic nitrogens is 1. The lowest BCUT2D eigenvalue weighted by Gasteiger charge is -2.01. The molecular formula is C20H14N2O2. The molecule has 4 nitrogen and oxygen atoms in total. The molecule has 0 radical (unpaired) electrons. The molecule has 0 aliphatic rings. The molecule has 0 fully saturated rings. The predicted octanol–water partition coefficient (Wildman–Crippen LogP) is 4.54. The lowest BCUT2D eigenvalue weighted by molar-refractivity contribution is 0.555. The molecule has 0 atom stereocenters. The van der Waals surface area contributed by atoms with Crippen LogP contribution in [0, 0.1) is 0 Å². The summed E-state index contributed by atoms with van der Waals surface area (Å²) in [6, 6.07) is 23.8. The van der Waals surface area contributed by atoms with Crippen molar-refractivity contribution >= 4 is 23.0 Å². The van der Waals surface area contributed by atoms with Gasteiger partial charge in [-0.2, -0.15) is 0 Å². The van der Waals surface area contributed by atoms with E-state index in [2.05, 4.69) is 34.2 Å². The molecule has 0 aliphatic heterocycles. The molecule has 0 aliphatic carbocycles. The Morgan fingerprint density at radius 1 is 0.875 bits per heavy atom. The van der Waals surface area contributed by atoms with Gasteiger partial charge in [0.1, 0.15) is 0 Å². The fraction of sp³-hybridized carbons (Fsp3) is 0. The predicted molar refractivity (Wildman–Crippen MR) is 96.0 cm³/mol. The summed E-state index contributed by atoms with van der Waals surface area (Å²) in [4.78, 5) is 18.2. The normalized spacial score (nSPS) is 11.3. The van der Waals surface area contributed by atoms with E-state index < -0.39 is 5.76 Å². The van der Waals surface area contributed by atoms with Crippen molar-refractivity contribution in [3.8, 4) is 11.1 Å². The van der Waals surface area contributed by atoms with Crippen LogP contribution in [0.4, 0.5) is 5.69 Å². The molecule has 24 heavy (non-hydrogen) atoms. The standard InChI is InChI=1S/C20H14N2O2/c23-20-22-18-11-10-17(12-19(18)24-20)21-13-14-6-8-16(9-7-14)15-4-2-1-3-5-15/h1-13H,(H,22,23). The van der Waals surface area contributed by atoms with Crippen molar-refractivity contribution in [3.63, 3.8) is 0 Å². The minimum Gasteiger partial charge on any atom is -0.408 e. The van der Waals surface area contributed by atoms with Crippen LogP contribution in [0.1, 0.15) is 5.56 Å². The molecule has 0 amide bonds. The average Bonchev–Trinajstić information content (AvgIpc) is 3.00. The zero-order chi connectivity index (χ0) is 16.4. The van der Waals surface area contributed by atoms with Gasteiger partial charge in [0.05, 0.1) is 11.2 Å². The summed E-state index contributed by atoms with van der Waals surface area (Å²) >= 11 is 0. The quantitative estimate of drug-likeness (QED) is 0.564. The summed E-state index contributed by atoms with van der Waals surface area (Å²) in [6.45, 7) is 0. The molecule has 0 bridgehead atoms. The first kappa shape index (κ1) is 14.2. The lowest BCUT2D eigenvalue weighted by Crippen LogP contribution is -1.92. The monoisotopic (exact) mass is 314 g/mol. The van der Waals surface area contributed by atoms with Gasteiger partial charge in [-0.3, -0.25) is 9.98 Å². The van der Waals surface area contributed by atoms with Crippen LogP contribution >= 0.6 is 0 Å². The Balaban J connectivity index is 1.57. The molecule has 1 aromatic heterocycles. The first-order chi connectivity index (χ1) is 11.8. The second-order valence-corrected chi connectivity index (χ2v) is 5.44. The third kappa shape index (κ3) is 2.90. The van der Waals surface area contributed by atoms with Crippen molar-refractivity contribution in [1.29, 1.82) is 0 Å². The van der Waals surface area contributed by atoms with Crippen LogP contribution in [-0.2, 0) is 0 Å². The van der Waals surface area contributed by atoms with Crippen LogP contribution in [0.25, 0.3) is 22.2 Å². The van der Waals surface area contributed by atoms with Gasteiger partial charge in [0.2, 0.25) is 0 Å². The fourth-order valence-electron chi connectivity index (χ4n) is 2.56. The van der Waals surface area contributed by atoms with E-state index in [0.717, 1.165) is 11.3 Å². The zero-order valence-electron chi connectivity index (χ0n) is 12.8. The Hall–Kier alpha value is -3.40. The van der Waals surface area contributed by atoms with Crippen molar-refractivity contribution in [3.05, 3.63) is 88.9 Å². The Bertz CT molecular complexity index is 1060. The second-order valence-electron chi connectivity index (χ2n) is 5.44. The highest BCUT2D eigenvalue weighted by Gasteiger charge is 2.01. The minimum absolute atomic E-state index is 0.456. The number of benzene rings is 3.